The van der Waals surface area contributed by atoms with Crippen molar-refractivity contribution < 1.29 is 39.2 Å². The Balaban J connectivity index is 5.02. The van der Waals surface area contributed by atoms with Crippen LogP contribution in [0.5, 0.6) is 0 Å². The maximum absolute atomic E-state index is 11.9. The third kappa shape index (κ3) is 7.40. The van der Waals surface area contributed by atoms with Crippen LogP contribution in [0.2, 0.25) is 0 Å². The lowest BCUT2D eigenvalue weighted by Gasteiger charge is -2.27. The molecule has 0 radical (unpaired) electrons. The van der Waals surface area contributed by atoms with Crippen molar-refractivity contribution in [3.63, 3.8) is 0 Å². The number of ether oxygens (including phenoxy) is 1. The van der Waals surface area contributed by atoms with E-state index in [0.717, 1.165) is 0 Å². The van der Waals surface area contributed by atoms with Gasteiger partial charge in [-0.15, -0.1) is 0 Å². The van der Waals surface area contributed by atoms with Gasteiger partial charge in [-0.05, 0) is 12.8 Å². The van der Waals surface area contributed by atoms with Gasteiger partial charge in [0.2, 0.25) is 5.60 Å². The number of nitrogens with two attached hydrogens (primary N) is 3. The van der Waals surface area contributed by atoms with Gasteiger partial charge in [-0.1, -0.05) is 0 Å². The first kappa shape index (κ1) is 21.1. The zero-order chi connectivity index (χ0) is 18.9. The zero-order valence-corrected chi connectivity index (χ0v) is 12.7. The van der Waals surface area contributed by atoms with Gasteiger partial charge < -0.3 is 37.3 Å². The number of carbonyl (C=O) groups is 4. The van der Waals surface area contributed by atoms with E-state index < -0.39 is 48.4 Å². The van der Waals surface area contributed by atoms with E-state index in [1.807, 2.05) is 0 Å². The van der Waals surface area contributed by atoms with Gasteiger partial charge in [0.25, 0.3) is 0 Å². The number of esters is 1. The lowest BCUT2D eigenvalue weighted by Crippen LogP contribution is -2.50. The molecule has 0 spiro atoms. The maximum Gasteiger partial charge on any atom is 0.349 e. The van der Waals surface area contributed by atoms with Gasteiger partial charge in [0.15, 0.2) is 5.96 Å². The summed E-state index contributed by atoms with van der Waals surface area (Å²) >= 11 is 0. The Labute approximate surface area is 136 Å². The van der Waals surface area contributed by atoms with E-state index >= 15 is 0 Å². The Morgan fingerprint density at radius 1 is 1.04 bits per heavy atom. The molecule has 0 saturated heterocycles. The molecule has 0 aromatic heterocycles. The third-order valence-electron chi connectivity index (χ3n) is 2.83. The molecule has 0 unspecified atom stereocenters. The molecule has 0 bridgehead atoms. The van der Waals surface area contributed by atoms with Crippen molar-refractivity contribution in [3.05, 3.63) is 0 Å². The summed E-state index contributed by atoms with van der Waals surface area (Å²) in [5.74, 6) is -6.57. The number of aliphatic imine (C=N–C) groups is 1. The molecule has 12 heteroatoms. The second kappa shape index (κ2) is 9.29. The summed E-state index contributed by atoms with van der Waals surface area (Å²) in [6, 6.07) is -1.29. The first-order valence-corrected chi connectivity index (χ1v) is 6.71. The van der Waals surface area contributed by atoms with E-state index in [0.29, 0.717) is 0 Å². The fourth-order valence-electron chi connectivity index (χ4n) is 1.72. The number of nitrogens with zero attached hydrogens (tertiary/aromatic N) is 1. The first-order chi connectivity index (χ1) is 11.0. The van der Waals surface area contributed by atoms with Crippen LogP contribution in [0, 0.1) is 0 Å². The van der Waals surface area contributed by atoms with Crippen molar-refractivity contribution >= 4 is 29.8 Å². The summed E-state index contributed by atoms with van der Waals surface area (Å²) < 4.78 is 4.65. The maximum atomic E-state index is 11.9. The normalized spacial score (nSPS) is 12.0. The molecule has 9 N–H and O–H groups in total. The quantitative estimate of drug-likeness (QED) is 0.100. The SMILES string of the molecule is NC(N)=NCCC[C@H](N)C(=O)OC(CC(=O)O)(CC(=O)O)C(=O)O. The molecule has 0 aliphatic heterocycles. The Bertz CT molecular complexity index is 513. The molecule has 0 aromatic rings. The van der Waals surface area contributed by atoms with Gasteiger partial charge in [-0.2, -0.15) is 0 Å². The highest BCUT2D eigenvalue weighted by molar-refractivity contribution is 5.91. The molecule has 0 saturated carbocycles. The summed E-state index contributed by atoms with van der Waals surface area (Å²) in [5, 5.41) is 26.7. The minimum atomic E-state index is -2.74. The molecule has 0 rings (SSSR count). The van der Waals surface area contributed by atoms with Gasteiger partial charge in [-0.3, -0.25) is 19.4 Å². The zero-order valence-electron chi connectivity index (χ0n) is 12.7. The fourth-order valence-corrected chi connectivity index (χ4v) is 1.72. The highest BCUT2D eigenvalue weighted by atomic mass is 16.6. The number of aliphatic carboxylic acids is 3. The highest BCUT2D eigenvalue weighted by Crippen LogP contribution is 2.23. The summed E-state index contributed by atoms with van der Waals surface area (Å²) in [6.07, 6.45) is -2.15. The number of carboxylic acids is 3. The van der Waals surface area contributed by atoms with Crippen molar-refractivity contribution in [1.82, 2.24) is 0 Å². The molecule has 24 heavy (non-hydrogen) atoms. The van der Waals surface area contributed by atoms with Crippen LogP contribution < -0.4 is 17.2 Å². The second-order valence-corrected chi connectivity index (χ2v) is 4.92. The first-order valence-electron chi connectivity index (χ1n) is 6.71. The molecule has 0 amide bonds. The highest BCUT2D eigenvalue weighted by Gasteiger charge is 2.47. The van der Waals surface area contributed by atoms with Crippen LogP contribution in [0.25, 0.3) is 0 Å². The standard InChI is InChI=1S/C12H20N4O8/c13-6(2-1-3-16-11(14)15)9(21)24-12(10(22)23,4-7(17)18)5-8(19)20/h6H,1-5,13H2,(H,17,18)(H,19,20)(H,22,23)(H4,14,15,16)/t6-/m0/s1. The number of rotatable bonds is 11. The molecule has 0 heterocycles. The Hall–Kier alpha value is -2.89. The molecular formula is C12H20N4O8. The third-order valence-corrected chi connectivity index (χ3v) is 2.83. The number of carbonyl (C=O) groups excluding carboxylic acids is 1. The minimum absolute atomic E-state index is 0.0193. The van der Waals surface area contributed by atoms with E-state index in [2.05, 4.69) is 9.73 Å². The van der Waals surface area contributed by atoms with Crippen LogP contribution in [0.15, 0.2) is 4.99 Å². The van der Waals surface area contributed by atoms with E-state index in [1.54, 1.807) is 0 Å². The average Bonchev–Trinajstić information content (AvgIpc) is 2.41. The molecule has 1 atom stereocenters. The number of carboxylic acid groups (broad SMARTS) is 3. The van der Waals surface area contributed by atoms with Crippen LogP contribution in [0.1, 0.15) is 25.7 Å². The van der Waals surface area contributed by atoms with E-state index in [-0.39, 0.29) is 25.3 Å². The van der Waals surface area contributed by atoms with Gasteiger partial charge in [0, 0.05) is 6.54 Å². The summed E-state index contributed by atoms with van der Waals surface area (Å²) in [6.45, 7) is 0.164. The minimum Gasteiger partial charge on any atom is -0.481 e. The van der Waals surface area contributed by atoms with Gasteiger partial charge in [0.1, 0.15) is 6.04 Å². The largest absolute Gasteiger partial charge is 0.481 e. The van der Waals surface area contributed by atoms with Crippen LogP contribution >= 0.6 is 0 Å². The number of hydrogen-bond acceptors (Lipinski definition) is 7. The second-order valence-electron chi connectivity index (χ2n) is 4.92. The van der Waals surface area contributed by atoms with Crippen LogP contribution in [-0.4, -0.2) is 63.3 Å². The predicted molar refractivity (Wildman–Crippen MR) is 78.9 cm³/mol. The topological polar surface area (TPSA) is 229 Å². The van der Waals surface area contributed by atoms with Gasteiger partial charge in [-0.25, -0.2) is 4.79 Å². The van der Waals surface area contributed by atoms with E-state index in [1.165, 1.54) is 0 Å². The molecule has 0 aromatic carbocycles. The van der Waals surface area contributed by atoms with Crippen LogP contribution in [0.4, 0.5) is 0 Å². The van der Waals surface area contributed by atoms with Crippen LogP contribution in [-0.2, 0) is 23.9 Å². The Morgan fingerprint density at radius 3 is 1.92 bits per heavy atom. The lowest BCUT2D eigenvalue weighted by molar-refractivity contribution is -0.187. The average molecular weight is 348 g/mol. The summed E-state index contributed by atoms with van der Waals surface area (Å²) in [5.41, 5.74) is 13.0. The summed E-state index contributed by atoms with van der Waals surface area (Å²) in [7, 11) is 0. The van der Waals surface area contributed by atoms with Gasteiger partial charge >= 0.3 is 23.9 Å². The predicted octanol–water partition coefficient (Wildman–Crippen LogP) is -2.32. The molecular weight excluding hydrogens is 328 g/mol. The molecule has 12 nitrogen and oxygen atoms in total. The fraction of sp³-hybridized carbons (Fsp3) is 0.583. The molecule has 0 aliphatic rings. The summed E-state index contributed by atoms with van der Waals surface area (Å²) in [4.78, 5) is 48.4. The number of hydrogen-bond donors (Lipinski definition) is 6. The smallest absolute Gasteiger partial charge is 0.349 e. The van der Waals surface area contributed by atoms with Crippen LogP contribution in [0.3, 0.4) is 0 Å². The van der Waals surface area contributed by atoms with Crippen molar-refractivity contribution in [2.45, 2.75) is 37.3 Å². The molecule has 0 fully saturated rings. The van der Waals surface area contributed by atoms with Crippen molar-refractivity contribution in [2.24, 2.45) is 22.2 Å². The monoisotopic (exact) mass is 348 g/mol. The molecule has 0 aliphatic carbocycles. The molecule has 136 valence electrons. The Morgan fingerprint density at radius 2 is 1.54 bits per heavy atom. The van der Waals surface area contributed by atoms with Gasteiger partial charge in [0.05, 0.1) is 12.8 Å². The van der Waals surface area contributed by atoms with E-state index in [4.69, 9.17) is 32.5 Å². The van der Waals surface area contributed by atoms with Crippen molar-refractivity contribution in [2.75, 3.05) is 6.54 Å². The lowest BCUT2D eigenvalue weighted by atomic mass is 9.95. The van der Waals surface area contributed by atoms with E-state index in [9.17, 15) is 19.2 Å². The number of guanidine groups is 1. The van der Waals surface area contributed by atoms with Crippen molar-refractivity contribution in [3.8, 4) is 0 Å². The Kier molecular flexibility index (Phi) is 8.18. The van der Waals surface area contributed by atoms with Crippen molar-refractivity contribution in [1.29, 1.82) is 0 Å².